The van der Waals surface area contributed by atoms with Crippen molar-refractivity contribution >= 4 is 76.0 Å². The van der Waals surface area contributed by atoms with Gasteiger partial charge in [0, 0.05) is 64.9 Å². The third-order valence-electron chi connectivity index (χ3n) is 13.4. The van der Waals surface area contributed by atoms with Gasteiger partial charge in [-0.3, -0.25) is 28.9 Å². The zero-order valence-corrected chi connectivity index (χ0v) is 35.5. The summed E-state index contributed by atoms with van der Waals surface area (Å²) in [5.74, 6) is -0.943. The first kappa shape index (κ1) is 38.4. The molecule has 4 atom stereocenters. The molecule has 1 aromatic heterocycles. The van der Waals surface area contributed by atoms with Crippen molar-refractivity contribution in [1.82, 2.24) is 15.0 Å². The van der Waals surface area contributed by atoms with Gasteiger partial charge in [-0.05, 0) is 90.4 Å². The number of aromatic nitrogens is 3. The molecule has 310 valence electrons. The maximum atomic E-state index is 15.6. The Balaban J connectivity index is 1.00. The molecule has 0 bridgehead atoms. The fourth-order valence-electron chi connectivity index (χ4n) is 10.9. The smallest absolute Gasteiger partial charge is 0.264 e. The number of rotatable bonds is 10. The van der Waals surface area contributed by atoms with Crippen molar-refractivity contribution < 1.29 is 29.0 Å². The highest BCUT2D eigenvalue weighted by Gasteiger charge is 2.66. The number of fused-ring (bicyclic) bond motifs is 2. The summed E-state index contributed by atoms with van der Waals surface area (Å²) in [5.41, 5.74) is 5.15. The second kappa shape index (κ2) is 14.0. The highest BCUT2D eigenvalue weighted by molar-refractivity contribution is 6.71. The van der Waals surface area contributed by atoms with Crippen LogP contribution in [0.1, 0.15) is 50.9 Å². The van der Waals surface area contributed by atoms with E-state index in [4.69, 9.17) is 4.74 Å². The largest absolute Gasteiger partial charge is 0.432 e. The number of anilines is 5. The van der Waals surface area contributed by atoms with Crippen molar-refractivity contribution in [3.8, 4) is 0 Å². The van der Waals surface area contributed by atoms with Crippen LogP contribution in [0.15, 0.2) is 121 Å². The molecule has 12 nitrogen and oxygen atoms in total. The molecule has 1 saturated heterocycles. The summed E-state index contributed by atoms with van der Waals surface area (Å²) in [6, 6.07) is 36.9. The van der Waals surface area contributed by atoms with Crippen molar-refractivity contribution in [2.45, 2.75) is 63.2 Å². The van der Waals surface area contributed by atoms with Gasteiger partial charge >= 0.3 is 0 Å². The minimum atomic E-state index is -3.01. The molecule has 0 unspecified atom stereocenters. The van der Waals surface area contributed by atoms with Crippen LogP contribution in [-0.2, 0) is 34.6 Å². The molecule has 0 saturated carbocycles. The maximum Gasteiger partial charge on any atom is 0.264 e. The van der Waals surface area contributed by atoms with Crippen LogP contribution >= 0.6 is 0 Å². The molecule has 4 aliphatic rings. The lowest BCUT2D eigenvalue weighted by Crippen LogP contribution is -2.46. The Hall–Kier alpha value is -6.51. The van der Waals surface area contributed by atoms with Gasteiger partial charge in [0.05, 0.1) is 46.5 Å². The minimum Gasteiger partial charge on any atom is -0.432 e. The summed E-state index contributed by atoms with van der Waals surface area (Å²) < 4.78 is 8.94. The number of amides is 3. The fourth-order valence-corrected chi connectivity index (χ4v) is 13.5. The average Bonchev–Trinajstić information content (AvgIpc) is 4.04. The normalized spacial score (nSPS) is 21.5. The number of nitrogens with zero attached hydrogens (tertiary/aromatic N) is 6. The molecule has 6 aromatic carbocycles. The SMILES string of the molecule is C[C@H]1[C@H]([Si](C)(C)O)[C@@H](CCn2cc(CCO)nn2)O[C@]12C(=O)N(Cc1cccc(N3C(=O)c4cccc5cccc3c45)c1)c1ccc(N3C(=O)c4cccc5cccc3c45)cc12. The number of hydrogen-bond donors (Lipinski definition) is 2. The number of benzene rings is 6. The van der Waals surface area contributed by atoms with Crippen LogP contribution in [0.5, 0.6) is 0 Å². The summed E-state index contributed by atoms with van der Waals surface area (Å²) >= 11 is 0. The maximum absolute atomic E-state index is 15.6. The molecular formula is C49H44N6O6Si. The zero-order chi connectivity index (χ0) is 42.7. The van der Waals surface area contributed by atoms with Crippen LogP contribution in [0.25, 0.3) is 21.5 Å². The lowest BCUT2D eigenvalue weighted by atomic mass is 9.82. The van der Waals surface area contributed by atoms with E-state index in [0.29, 0.717) is 58.8 Å². The number of carbonyl (C=O) groups excluding carboxylic acids is 3. The van der Waals surface area contributed by atoms with Gasteiger partial charge in [-0.1, -0.05) is 72.8 Å². The monoisotopic (exact) mass is 840 g/mol. The van der Waals surface area contributed by atoms with E-state index in [1.807, 2.05) is 135 Å². The summed E-state index contributed by atoms with van der Waals surface area (Å²) in [6.45, 7) is 6.40. The van der Waals surface area contributed by atoms with Crippen molar-refractivity contribution in [3.05, 3.63) is 149 Å². The molecule has 3 amide bonds. The van der Waals surface area contributed by atoms with Gasteiger partial charge in [-0.2, -0.15) is 0 Å². The van der Waals surface area contributed by atoms with Gasteiger partial charge in [0.2, 0.25) is 0 Å². The highest BCUT2D eigenvalue weighted by Crippen LogP contribution is 2.61. The molecule has 0 aliphatic carbocycles. The first-order valence-electron chi connectivity index (χ1n) is 21.2. The molecule has 62 heavy (non-hydrogen) atoms. The van der Waals surface area contributed by atoms with Crippen molar-refractivity contribution in [3.63, 3.8) is 0 Å². The van der Waals surface area contributed by atoms with Crippen molar-refractivity contribution in [1.29, 1.82) is 0 Å². The van der Waals surface area contributed by atoms with Gasteiger partial charge < -0.3 is 19.5 Å². The van der Waals surface area contributed by atoms with E-state index in [-0.39, 0.29) is 36.4 Å². The summed E-state index contributed by atoms with van der Waals surface area (Å²) in [7, 11) is -3.01. The predicted molar refractivity (Wildman–Crippen MR) is 240 cm³/mol. The van der Waals surface area contributed by atoms with Gasteiger partial charge in [0.1, 0.15) is 0 Å². The Morgan fingerprint density at radius 3 is 2.00 bits per heavy atom. The summed E-state index contributed by atoms with van der Waals surface area (Å²) in [4.78, 5) is 61.1. The molecule has 11 rings (SSSR count). The number of hydrogen-bond acceptors (Lipinski definition) is 8. The Morgan fingerprint density at radius 2 is 1.37 bits per heavy atom. The lowest BCUT2D eigenvalue weighted by molar-refractivity contribution is -0.146. The third-order valence-corrected chi connectivity index (χ3v) is 15.9. The van der Waals surface area contributed by atoms with E-state index in [9.17, 15) is 19.5 Å². The van der Waals surface area contributed by atoms with E-state index in [1.165, 1.54) is 0 Å². The van der Waals surface area contributed by atoms with Crippen LogP contribution < -0.4 is 14.7 Å². The third kappa shape index (κ3) is 5.58. The highest BCUT2D eigenvalue weighted by atomic mass is 28.4. The van der Waals surface area contributed by atoms with E-state index in [1.54, 1.807) is 25.6 Å². The number of aliphatic hydroxyl groups excluding tert-OH is 1. The fraction of sp³-hybridized carbons (Fsp3) is 0.245. The van der Waals surface area contributed by atoms with Crippen molar-refractivity contribution in [2.24, 2.45) is 5.92 Å². The Bertz CT molecular complexity index is 3020. The molecule has 13 heteroatoms. The first-order chi connectivity index (χ1) is 30.0. The van der Waals surface area contributed by atoms with Crippen LogP contribution in [0.4, 0.5) is 28.4 Å². The molecule has 5 heterocycles. The van der Waals surface area contributed by atoms with Gasteiger partial charge in [-0.15, -0.1) is 5.10 Å². The molecule has 4 aliphatic heterocycles. The van der Waals surface area contributed by atoms with Gasteiger partial charge in [-0.25, -0.2) is 0 Å². The Morgan fingerprint density at radius 1 is 0.758 bits per heavy atom. The van der Waals surface area contributed by atoms with Crippen molar-refractivity contribution in [2.75, 3.05) is 21.3 Å². The van der Waals surface area contributed by atoms with Crippen LogP contribution in [-0.4, -0.2) is 63.6 Å². The average molecular weight is 841 g/mol. The number of aryl methyl sites for hydroxylation is 1. The first-order valence-corrected chi connectivity index (χ1v) is 24.2. The van der Waals surface area contributed by atoms with Gasteiger partial charge in [0.25, 0.3) is 17.7 Å². The van der Waals surface area contributed by atoms with E-state index >= 15 is 4.79 Å². The molecular weight excluding hydrogens is 797 g/mol. The second-order valence-electron chi connectivity index (χ2n) is 17.5. The van der Waals surface area contributed by atoms with Crippen LogP contribution in [0.3, 0.4) is 0 Å². The summed E-state index contributed by atoms with van der Waals surface area (Å²) in [6.07, 6.45) is 2.14. The summed E-state index contributed by atoms with van der Waals surface area (Å²) in [5, 5.41) is 21.7. The number of ether oxygens (including phenoxy) is 1. The standard InChI is InChI=1S/C49H44N6O6Si/c1-29-45(62(2,3)60)42(21-23-52-28-33(22-24-56)50-51-52)61-49(29)38-26-35(55-41-18-8-13-32-11-6-16-37(44(32)41)47(55)58)19-20-39(38)53(48(49)59)27-30-9-4-14-34(25-30)54-40-17-7-12-31-10-5-15-36(43(31)40)46(54)57/h4-20,25-26,28-29,42,45,56,60H,21-24,27H2,1-3H3/t29-,42+,45-,49+/m0/s1. The topological polar surface area (TPSA) is 141 Å². The van der Waals surface area contributed by atoms with E-state index in [2.05, 4.69) is 10.3 Å². The number of aliphatic hydroxyl groups is 1. The quantitative estimate of drug-likeness (QED) is 0.132. The second-order valence-corrected chi connectivity index (χ2v) is 21.5. The van der Waals surface area contributed by atoms with E-state index < -0.39 is 25.9 Å². The lowest BCUT2D eigenvalue weighted by Gasteiger charge is -2.32. The van der Waals surface area contributed by atoms with E-state index in [0.717, 1.165) is 38.5 Å². The molecule has 0 radical (unpaired) electrons. The van der Waals surface area contributed by atoms with Crippen LogP contribution in [0, 0.1) is 5.92 Å². The number of carbonyl (C=O) groups is 3. The molecule has 1 spiro atoms. The molecule has 1 fully saturated rings. The Kier molecular flexibility index (Phi) is 8.68. The predicted octanol–water partition coefficient (Wildman–Crippen LogP) is 8.14. The van der Waals surface area contributed by atoms with Crippen LogP contribution in [0.2, 0.25) is 18.6 Å². The Labute approximate surface area is 358 Å². The zero-order valence-electron chi connectivity index (χ0n) is 34.5. The molecule has 2 N–H and O–H groups in total. The van der Waals surface area contributed by atoms with Gasteiger partial charge in [0.15, 0.2) is 13.9 Å². The minimum absolute atomic E-state index is 0.0351. The molecule has 7 aromatic rings.